The van der Waals surface area contributed by atoms with Crippen LogP contribution in [0.2, 0.25) is 0 Å². The molecule has 0 spiro atoms. The van der Waals surface area contributed by atoms with Gasteiger partial charge in [0.25, 0.3) is 5.91 Å². The molecule has 0 saturated heterocycles. The highest BCUT2D eigenvalue weighted by molar-refractivity contribution is 8.02. The number of hydrogen-bond donors (Lipinski definition) is 1. The molecule has 1 saturated carbocycles. The predicted octanol–water partition coefficient (Wildman–Crippen LogP) is 3.32. The van der Waals surface area contributed by atoms with Crippen molar-refractivity contribution in [3.05, 3.63) is 41.0 Å². The minimum absolute atomic E-state index is 0.0295. The van der Waals surface area contributed by atoms with Crippen molar-refractivity contribution in [3.63, 3.8) is 0 Å². The summed E-state index contributed by atoms with van der Waals surface area (Å²) in [6.07, 6.45) is 8.89. The van der Waals surface area contributed by atoms with Gasteiger partial charge in [-0.05, 0) is 37.0 Å². The molecule has 1 fully saturated rings. The van der Waals surface area contributed by atoms with Crippen LogP contribution >= 0.6 is 11.9 Å². The molecule has 8 heteroatoms. The Bertz CT molecular complexity index is 1100. The zero-order valence-corrected chi connectivity index (χ0v) is 17.0. The molecule has 148 valence electrons. The largest absolute Gasteiger partial charge is 0.493 e. The van der Waals surface area contributed by atoms with Gasteiger partial charge >= 0.3 is 0 Å². The molecule has 1 aromatic heterocycles. The van der Waals surface area contributed by atoms with Gasteiger partial charge in [0.1, 0.15) is 5.71 Å². The molecule has 5 rings (SSSR count). The molecule has 0 radical (unpaired) electrons. The van der Waals surface area contributed by atoms with Crippen molar-refractivity contribution in [1.29, 1.82) is 0 Å². The Hall–Kier alpha value is -2.87. The molecule has 7 nitrogen and oxygen atoms in total. The summed E-state index contributed by atoms with van der Waals surface area (Å²) >= 11 is 1.39. The molecule has 0 bridgehead atoms. The van der Waals surface area contributed by atoms with E-state index >= 15 is 0 Å². The topological polar surface area (TPSA) is 85.7 Å². The van der Waals surface area contributed by atoms with Crippen LogP contribution in [0, 0.1) is 5.92 Å². The SMILES string of the molecule is COc1cc2nncc(C3=CCC4C(=C3)SN=C4C(=O)NC3CC3)c2cc1OC. The van der Waals surface area contributed by atoms with Crippen molar-refractivity contribution in [2.24, 2.45) is 10.3 Å². The molecule has 1 N–H and O–H groups in total. The van der Waals surface area contributed by atoms with E-state index in [2.05, 4.69) is 32.1 Å². The first kappa shape index (κ1) is 18.2. The second-order valence-corrected chi connectivity index (χ2v) is 8.13. The number of ether oxygens (including phenoxy) is 2. The van der Waals surface area contributed by atoms with Gasteiger partial charge < -0.3 is 14.8 Å². The summed E-state index contributed by atoms with van der Waals surface area (Å²) in [5.74, 6) is 1.28. The van der Waals surface area contributed by atoms with E-state index in [4.69, 9.17) is 9.47 Å². The van der Waals surface area contributed by atoms with Crippen LogP contribution in [0.4, 0.5) is 0 Å². The molecule has 1 amide bonds. The number of carbonyl (C=O) groups excluding carboxylic acids is 1. The Balaban J connectivity index is 1.46. The second kappa shape index (κ2) is 7.18. The maximum Gasteiger partial charge on any atom is 0.267 e. The average molecular weight is 408 g/mol. The van der Waals surface area contributed by atoms with Crippen molar-refractivity contribution in [3.8, 4) is 11.5 Å². The maximum absolute atomic E-state index is 12.5. The lowest BCUT2D eigenvalue weighted by Crippen LogP contribution is -2.35. The fraction of sp³-hybridized carbons (Fsp3) is 0.333. The van der Waals surface area contributed by atoms with E-state index in [0.717, 1.165) is 46.2 Å². The fourth-order valence-electron chi connectivity index (χ4n) is 3.67. The van der Waals surface area contributed by atoms with E-state index in [1.54, 1.807) is 20.4 Å². The number of hydrogen-bond acceptors (Lipinski definition) is 7. The van der Waals surface area contributed by atoms with Crippen LogP contribution in [0.5, 0.6) is 11.5 Å². The standard InChI is InChI=1S/C21H20N4O3S/c1-27-17-8-14-15(10-22-24-16(14)9-18(17)28-2)11-3-6-13-19(7-11)29-25-20(13)21(26)23-12-4-5-12/h3,7-10,12-13H,4-6H2,1-2H3,(H,23,26). The molecular formula is C21H20N4O3S. The molecule has 2 aromatic rings. The van der Waals surface area contributed by atoms with Crippen LogP contribution < -0.4 is 14.8 Å². The first-order valence-electron chi connectivity index (χ1n) is 9.53. The van der Waals surface area contributed by atoms with Gasteiger partial charge in [-0.2, -0.15) is 10.2 Å². The minimum atomic E-state index is -0.0295. The van der Waals surface area contributed by atoms with Crippen molar-refractivity contribution in [2.75, 3.05) is 14.2 Å². The lowest BCUT2D eigenvalue weighted by molar-refractivity contribution is -0.115. The molecular weight excluding hydrogens is 388 g/mol. The summed E-state index contributed by atoms with van der Waals surface area (Å²) in [6, 6.07) is 4.09. The van der Waals surface area contributed by atoms with Gasteiger partial charge in [0, 0.05) is 45.8 Å². The maximum atomic E-state index is 12.5. The Morgan fingerprint density at radius 2 is 2.00 bits per heavy atom. The normalized spacial score (nSPS) is 20.5. The number of amides is 1. The monoisotopic (exact) mass is 408 g/mol. The number of aromatic nitrogens is 2. The highest BCUT2D eigenvalue weighted by atomic mass is 32.2. The third-order valence-corrected chi connectivity index (χ3v) is 6.30. The van der Waals surface area contributed by atoms with Crippen LogP contribution in [0.3, 0.4) is 0 Å². The van der Waals surface area contributed by atoms with Gasteiger partial charge in [-0.25, -0.2) is 4.40 Å². The minimum Gasteiger partial charge on any atom is -0.493 e. The van der Waals surface area contributed by atoms with Gasteiger partial charge in [0.2, 0.25) is 0 Å². The number of methoxy groups -OCH3 is 2. The summed E-state index contributed by atoms with van der Waals surface area (Å²) in [5, 5.41) is 12.4. The summed E-state index contributed by atoms with van der Waals surface area (Å²) < 4.78 is 15.3. The predicted molar refractivity (Wildman–Crippen MR) is 113 cm³/mol. The van der Waals surface area contributed by atoms with Crippen molar-refractivity contribution in [1.82, 2.24) is 15.5 Å². The van der Waals surface area contributed by atoms with E-state index < -0.39 is 0 Å². The van der Waals surface area contributed by atoms with Crippen LogP contribution in [0.1, 0.15) is 24.8 Å². The molecule has 1 unspecified atom stereocenters. The molecule has 29 heavy (non-hydrogen) atoms. The molecule has 2 aliphatic carbocycles. The van der Waals surface area contributed by atoms with Crippen molar-refractivity contribution < 1.29 is 14.3 Å². The van der Waals surface area contributed by atoms with Crippen molar-refractivity contribution >= 4 is 40.0 Å². The quantitative estimate of drug-likeness (QED) is 0.764. The Labute approximate surface area is 172 Å². The Kier molecular flexibility index (Phi) is 4.50. The zero-order chi connectivity index (χ0) is 20.0. The third-order valence-electron chi connectivity index (χ3n) is 5.39. The van der Waals surface area contributed by atoms with Crippen LogP contribution in [-0.4, -0.2) is 42.1 Å². The van der Waals surface area contributed by atoms with E-state index in [1.165, 1.54) is 11.9 Å². The lowest BCUT2D eigenvalue weighted by Gasteiger charge is -2.19. The smallest absolute Gasteiger partial charge is 0.267 e. The summed E-state index contributed by atoms with van der Waals surface area (Å²) in [4.78, 5) is 13.6. The second-order valence-electron chi connectivity index (χ2n) is 7.29. The first-order valence-corrected chi connectivity index (χ1v) is 10.3. The van der Waals surface area contributed by atoms with Crippen LogP contribution in [0.15, 0.2) is 39.8 Å². The van der Waals surface area contributed by atoms with Gasteiger partial charge in [-0.3, -0.25) is 4.79 Å². The molecule has 1 atom stereocenters. The number of allylic oxidation sites excluding steroid dienone is 4. The Morgan fingerprint density at radius 1 is 1.21 bits per heavy atom. The van der Waals surface area contributed by atoms with Gasteiger partial charge in [-0.1, -0.05) is 6.08 Å². The molecule has 3 aliphatic rings. The number of rotatable bonds is 5. The lowest BCUT2D eigenvalue weighted by atomic mass is 9.89. The molecule has 1 aliphatic heterocycles. The summed E-state index contributed by atoms with van der Waals surface area (Å²) in [6.45, 7) is 0. The van der Waals surface area contributed by atoms with E-state index in [0.29, 0.717) is 23.3 Å². The number of nitrogens with one attached hydrogen (secondary N) is 1. The number of fused-ring (bicyclic) bond motifs is 2. The number of benzene rings is 1. The highest BCUT2D eigenvalue weighted by Crippen LogP contribution is 2.43. The summed E-state index contributed by atoms with van der Waals surface area (Å²) in [5.41, 5.74) is 3.39. The fourth-order valence-corrected chi connectivity index (χ4v) is 4.59. The summed E-state index contributed by atoms with van der Waals surface area (Å²) in [7, 11) is 3.22. The highest BCUT2D eigenvalue weighted by Gasteiger charge is 2.35. The molecule has 2 heterocycles. The van der Waals surface area contributed by atoms with E-state index in [9.17, 15) is 4.79 Å². The first-order chi connectivity index (χ1) is 14.2. The average Bonchev–Trinajstić information content (AvgIpc) is 3.46. The van der Waals surface area contributed by atoms with Crippen LogP contribution in [-0.2, 0) is 4.79 Å². The zero-order valence-electron chi connectivity index (χ0n) is 16.1. The number of carbonyl (C=O) groups is 1. The Morgan fingerprint density at radius 3 is 2.76 bits per heavy atom. The third kappa shape index (κ3) is 3.27. The van der Waals surface area contributed by atoms with Crippen LogP contribution in [0.25, 0.3) is 16.5 Å². The molecule has 1 aromatic carbocycles. The van der Waals surface area contributed by atoms with Gasteiger partial charge in [-0.15, -0.1) is 0 Å². The van der Waals surface area contributed by atoms with Crippen molar-refractivity contribution in [2.45, 2.75) is 25.3 Å². The number of nitrogens with zero attached hydrogens (tertiary/aromatic N) is 3. The van der Waals surface area contributed by atoms with E-state index in [-0.39, 0.29) is 11.8 Å². The van der Waals surface area contributed by atoms with Gasteiger partial charge in [0.05, 0.1) is 25.9 Å². The van der Waals surface area contributed by atoms with E-state index in [1.807, 2.05) is 12.1 Å². The van der Waals surface area contributed by atoms with Gasteiger partial charge in [0.15, 0.2) is 11.5 Å².